The minimum Gasteiger partial charge on any atom is -0.341 e. The molecule has 0 radical (unpaired) electrons. The second-order valence-corrected chi connectivity index (χ2v) is 7.46. The van der Waals surface area contributed by atoms with Crippen LogP contribution in [0.2, 0.25) is 0 Å². The van der Waals surface area contributed by atoms with E-state index in [4.69, 9.17) is 10.2 Å². The third-order valence-corrected chi connectivity index (χ3v) is 5.31. The highest BCUT2D eigenvalue weighted by Gasteiger charge is 2.20. The molecular formula is C21H26N8. The fourth-order valence-electron chi connectivity index (χ4n) is 3.68. The first-order valence-electron chi connectivity index (χ1n) is 10.4. The highest BCUT2D eigenvalue weighted by atomic mass is 15.4. The summed E-state index contributed by atoms with van der Waals surface area (Å²) in [6.45, 7) is 3.93. The Labute approximate surface area is 171 Å². The van der Waals surface area contributed by atoms with Crippen molar-refractivity contribution in [3.63, 3.8) is 0 Å². The topological polar surface area (TPSA) is 93.3 Å². The summed E-state index contributed by atoms with van der Waals surface area (Å²) in [5, 5.41) is 13.2. The van der Waals surface area contributed by atoms with Crippen LogP contribution in [-0.2, 0) is 0 Å². The van der Waals surface area contributed by atoms with E-state index in [0.29, 0.717) is 11.5 Å². The smallest absolute Gasteiger partial charge is 0.250 e. The quantitative estimate of drug-likeness (QED) is 0.619. The van der Waals surface area contributed by atoms with E-state index in [0.717, 1.165) is 43.6 Å². The van der Waals surface area contributed by atoms with E-state index in [1.165, 1.54) is 38.5 Å². The van der Waals surface area contributed by atoms with Crippen LogP contribution in [0.15, 0.2) is 29.4 Å². The van der Waals surface area contributed by atoms with Crippen LogP contribution in [-0.4, -0.2) is 47.3 Å². The maximum absolute atomic E-state index is 8.89. The fourth-order valence-corrected chi connectivity index (χ4v) is 3.68. The van der Waals surface area contributed by atoms with Crippen LogP contribution in [0.3, 0.4) is 0 Å². The zero-order valence-electron chi connectivity index (χ0n) is 16.6. The first kappa shape index (κ1) is 19.1. The predicted molar refractivity (Wildman–Crippen MR) is 114 cm³/mol. The minimum absolute atomic E-state index is 0.464. The van der Waals surface area contributed by atoms with Gasteiger partial charge in [0.2, 0.25) is 17.8 Å². The molecule has 0 atom stereocenters. The summed E-state index contributed by atoms with van der Waals surface area (Å²) in [5.74, 6) is 1.93. The molecule has 1 aromatic carbocycles. The number of piperidine rings is 2. The van der Waals surface area contributed by atoms with Crippen LogP contribution in [0.1, 0.15) is 49.7 Å². The lowest BCUT2D eigenvalue weighted by molar-refractivity contribution is 0.556. The fraction of sp³-hybridized carbons (Fsp3) is 0.476. The first-order chi connectivity index (χ1) is 14.3. The number of aromatic nitrogens is 3. The van der Waals surface area contributed by atoms with Gasteiger partial charge < -0.3 is 9.80 Å². The van der Waals surface area contributed by atoms with E-state index in [9.17, 15) is 0 Å². The zero-order chi connectivity index (χ0) is 19.9. The number of hydrazone groups is 1. The molecule has 2 aliphatic rings. The molecule has 150 valence electrons. The van der Waals surface area contributed by atoms with Gasteiger partial charge in [-0.05, 0) is 56.2 Å². The molecule has 0 amide bonds. The Kier molecular flexibility index (Phi) is 6.15. The Morgan fingerprint density at radius 2 is 1.38 bits per heavy atom. The van der Waals surface area contributed by atoms with Crippen molar-refractivity contribution in [2.24, 2.45) is 5.10 Å². The average molecular weight is 390 g/mol. The van der Waals surface area contributed by atoms with E-state index < -0.39 is 0 Å². The molecule has 29 heavy (non-hydrogen) atoms. The Balaban J connectivity index is 1.53. The maximum atomic E-state index is 8.89. The van der Waals surface area contributed by atoms with Crippen molar-refractivity contribution < 1.29 is 0 Å². The highest BCUT2D eigenvalue weighted by Crippen LogP contribution is 2.22. The Hall–Kier alpha value is -3.21. The number of rotatable bonds is 5. The lowest BCUT2D eigenvalue weighted by Crippen LogP contribution is -2.34. The number of nitrogens with zero attached hydrogens (tertiary/aromatic N) is 7. The summed E-state index contributed by atoms with van der Waals surface area (Å²) in [6.07, 6.45) is 8.91. The van der Waals surface area contributed by atoms with Gasteiger partial charge in [0.05, 0.1) is 17.8 Å². The van der Waals surface area contributed by atoms with Gasteiger partial charge in [-0.1, -0.05) is 12.1 Å². The van der Waals surface area contributed by atoms with E-state index in [1.54, 1.807) is 18.3 Å². The van der Waals surface area contributed by atoms with Gasteiger partial charge >= 0.3 is 0 Å². The average Bonchev–Trinajstić information content (AvgIpc) is 2.80. The van der Waals surface area contributed by atoms with Crippen molar-refractivity contribution in [3.8, 4) is 6.07 Å². The van der Waals surface area contributed by atoms with Crippen LogP contribution >= 0.6 is 0 Å². The molecule has 0 unspecified atom stereocenters. The van der Waals surface area contributed by atoms with Crippen molar-refractivity contribution in [2.75, 3.05) is 41.4 Å². The molecule has 1 N–H and O–H groups in total. The van der Waals surface area contributed by atoms with E-state index >= 15 is 0 Å². The number of anilines is 3. The van der Waals surface area contributed by atoms with Crippen molar-refractivity contribution in [1.29, 1.82) is 5.26 Å². The van der Waals surface area contributed by atoms with Crippen molar-refractivity contribution in [1.82, 2.24) is 15.0 Å². The molecule has 8 heteroatoms. The molecular weight excluding hydrogens is 364 g/mol. The second kappa shape index (κ2) is 9.32. The molecule has 2 aromatic rings. The molecule has 0 aliphatic carbocycles. The van der Waals surface area contributed by atoms with Crippen molar-refractivity contribution >= 4 is 24.1 Å². The molecule has 2 aliphatic heterocycles. The molecule has 0 bridgehead atoms. The monoisotopic (exact) mass is 390 g/mol. The normalized spacial score (nSPS) is 17.3. The Morgan fingerprint density at radius 3 is 1.90 bits per heavy atom. The van der Waals surface area contributed by atoms with Crippen molar-refractivity contribution in [2.45, 2.75) is 38.5 Å². The van der Waals surface area contributed by atoms with Crippen LogP contribution < -0.4 is 15.2 Å². The van der Waals surface area contributed by atoms with Crippen LogP contribution in [0, 0.1) is 11.3 Å². The van der Waals surface area contributed by atoms with E-state index in [-0.39, 0.29) is 0 Å². The largest absolute Gasteiger partial charge is 0.341 e. The number of nitriles is 1. The van der Waals surface area contributed by atoms with Gasteiger partial charge in [0.15, 0.2) is 0 Å². The molecule has 2 saturated heterocycles. The lowest BCUT2D eigenvalue weighted by Gasteiger charge is -2.30. The van der Waals surface area contributed by atoms with Crippen LogP contribution in [0.25, 0.3) is 0 Å². The summed E-state index contributed by atoms with van der Waals surface area (Å²) in [7, 11) is 0. The van der Waals surface area contributed by atoms with Gasteiger partial charge in [-0.2, -0.15) is 25.3 Å². The van der Waals surface area contributed by atoms with E-state index in [2.05, 4.69) is 36.4 Å². The summed E-state index contributed by atoms with van der Waals surface area (Å²) < 4.78 is 0. The minimum atomic E-state index is 0.464. The first-order valence-corrected chi connectivity index (χ1v) is 10.4. The number of hydrogen-bond donors (Lipinski definition) is 1. The molecule has 8 nitrogen and oxygen atoms in total. The van der Waals surface area contributed by atoms with Crippen LogP contribution in [0.5, 0.6) is 0 Å². The molecule has 4 rings (SSSR count). The molecule has 0 spiro atoms. The SMILES string of the molecule is N#Cc1ccc(C=NNc2nc(N3CCCCC3)nc(N3CCCCC3)n2)cc1. The summed E-state index contributed by atoms with van der Waals surface area (Å²) in [4.78, 5) is 18.5. The van der Waals surface area contributed by atoms with Gasteiger partial charge in [-0.3, -0.25) is 0 Å². The zero-order valence-corrected chi connectivity index (χ0v) is 16.6. The highest BCUT2D eigenvalue weighted by molar-refractivity contribution is 5.80. The van der Waals surface area contributed by atoms with Crippen molar-refractivity contribution in [3.05, 3.63) is 35.4 Å². The molecule has 2 fully saturated rings. The second-order valence-electron chi connectivity index (χ2n) is 7.46. The van der Waals surface area contributed by atoms with Gasteiger partial charge in [-0.25, -0.2) is 5.43 Å². The molecule has 0 saturated carbocycles. The number of benzene rings is 1. The number of nitrogens with one attached hydrogen (secondary N) is 1. The van der Waals surface area contributed by atoms with Crippen LogP contribution in [0.4, 0.5) is 17.8 Å². The molecule has 1 aromatic heterocycles. The third-order valence-electron chi connectivity index (χ3n) is 5.31. The van der Waals surface area contributed by atoms with Gasteiger partial charge in [0, 0.05) is 26.2 Å². The standard InChI is InChI=1S/C21H26N8/c22-15-17-7-9-18(10-8-17)16-23-27-19-24-20(28-11-3-1-4-12-28)26-21(25-19)29-13-5-2-6-14-29/h7-10,16H,1-6,11-14H2,(H,24,25,26,27). The Morgan fingerprint density at radius 1 is 0.828 bits per heavy atom. The third kappa shape index (κ3) is 4.99. The van der Waals surface area contributed by atoms with Gasteiger partial charge in [-0.15, -0.1) is 0 Å². The molecule has 3 heterocycles. The summed E-state index contributed by atoms with van der Waals surface area (Å²) in [5.41, 5.74) is 4.50. The number of hydrogen-bond acceptors (Lipinski definition) is 8. The van der Waals surface area contributed by atoms with Gasteiger partial charge in [0.25, 0.3) is 0 Å². The predicted octanol–water partition coefficient (Wildman–Crippen LogP) is 3.17. The lowest BCUT2D eigenvalue weighted by atomic mass is 10.1. The Bertz CT molecular complexity index is 838. The summed E-state index contributed by atoms with van der Waals surface area (Å²) in [6, 6.07) is 9.37. The van der Waals surface area contributed by atoms with Gasteiger partial charge in [0.1, 0.15) is 0 Å². The van der Waals surface area contributed by atoms with E-state index in [1.807, 2.05) is 12.1 Å². The maximum Gasteiger partial charge on any atom is 0.250 e. The summed E-state index contributed by atoms with van der Waals surface area (Å²) >= 11 is 0.